The van der Waals surface area contributed by atoms with E-state index >= 15 is 0 Å². The maximum absolute atomic E-state index is 5.49. The summed E-state index contributed by atoms with van der Waals surface area (Å²) in [6, 6.07) is 10.4. The van der Waals surface area contributed by atoms with E-state index in [9.17, 15) is 0 Å². The summed E-state index contributed by atoms with van der Waals surface area (Å²) in [4.78, 5) is 9.74. The van der Waals surface area contributed by atoms with Crippen LogP contribution in [0.4, 0.5) is 0 Å². The first-order valence-corrected chi connectivity index (χ1v) is 7.60. The number of fused-ring (bicyclic) bond motifs is 1. The molecule has 2 atom stereocenters. The Hall–Kier alpha value is -1.78. The Morgan fingerprint density at radius 3 is 2.76 bits per heavy atom. The largest absolute Gasteiger partial charge is 0.377 e. The molecule has 0 amide bonds. The molecule has 2 aliphatic heterocycles. The third-order valence-electron chi connectivity index (χ3n) is 4.43. The van der Waals surface area contributed by atoms with Crippen LogP contribution in [0.1, 0.15) is 29.9 Å². The summed E-state index contributed by atoms with van der Waals surface area (Å²) in [6.07, 6.45) is 1.21. The molecule has 0 aliphatic carbocycles. The highest BCUT2D eigenvalue weighted by atomic mass is 16.5. The van der Waals surface area contributed by atoms with Crippen molar-refractivity contribution in [2.24, 2.45) is 0 Å². The van der Waals surface area contributed by atoms with Crippen LogP contribution in [-0.2, 0) is 17.7 Å². The van der Waals surface area contributed by atoms with Gasteiger partial charge in [-0.3, -0.25) is 0 Å². The second-order valence-electron chi connectivity index (χ2n) is 5.79. The van der Waals surface area contributed by atoms with Crippen molar-refractivity contribution < 1.29 is 4.74 Å². The van der Waals surface area contributed by atoms with Gasteiger partial charge < -0.3 is 10.1 Å². The van der Waals surface area contributed by atoms with E-state index < -0.39 is 0 Å². The Morgan fingerprint density at radius 1 is 1.19 bits per heavy atom. The normalized spacial score (nSPS) is 24.2. The fourth-order valence-electron chi connectivity index (χ4n) is 3.03. The molecule has 1 aromatic carbocycles. The Morgan fingerprint density at radius 2 is 2.05 bits per heavy atom. The predicted octanol–water partition coefficient (Wildman–Crippen LogP) is 2.29. The number of rotatable bonds is 2. The van der Waals surface area contributed by atoms with Gasteiger partial charge in [0, 0.05) is 30.6 Å². The molecule has 108 valence electrons. The summed E-state index contributed by atoms with van der Waals surface area (Å²) in [5.74, 6) is 1.29. The first-order valence-electron chi connectivity index (χ1n) is 7.60. The molecule has 0 spiro atoms. The number of hydrogen-bond donors (Lipinski definition) is 1. The maximum atomic E-state index is 5.49. The molecule has 3 heterocycles. The van der Waals surface area contributed by atoms with Gasteiger partial charge in [0.1, 0.15) is 5.82 Å². The summed E-state index contributed by atoms with van der Waals surface area (Å²) in [6.45, 7) is 4.69. The molecule has 2 unspecified atom stereocenters. The highest BCUT2D eigenvalue weighted by Crippen LogP contribution is 2.32. The molecule has 0 bridgehead atoms. The number of nitrogens with zero attached hydrogens (tertiary/aromatic N) is 2. The zero-order valence-electron chi connectivity index (χ0n) is 12.2. The Kier molecular flexibility index (Phi) is 3.20. The van der Waals surface area contributed by atoms with E-state index in [1.54, 1.807) is 0 Å². The molecule has 2 aliphatic rings. The van der Waals surface area contributed by atoms with E-state index in [0.29, 0.717) is 5.92 Å². The van der Waals surface area contributed by atoms with Gasteiger partial charge in [-0.15, -0.1) is 0 Å². The third kappa shape index (κ3) is 2.24. The lowest BCUT2D eigenvalue weighted by atomic mass is 9.95. The molecule has 4 rings (SSSR count). The lowest BCUT2D eigenvalue weighted by molar-refractivity contribution is -0.0675. The second kappa shape index (κ2) is 5.20. The van der Waals surface area contributed by atoms with E-state index in [0.717, 1.165) is 37.6 Å². The molecule has 1 N–H and O–H groups in total. The van der Waals surface area contributed by atoms with Crippen molar-refractivity contribution in [3.05, 3.63) is 47.4 Å². The van der Waals surface area contributed by atoms with Gasteiger partial charge in [0.25, 0.3) is 0 Å². The third-order valence-corrected chi connectivity index (χ3v) is 4.43. The van der Waals surface area contributed by atoms with Crippen LogP contribution >= 0.6 is 0 Å². The minimum Gasteiger partial charge on any atom is -0.377 e. The maximum Gasteiger partial charge on any atom is 0.137 e. The minimum absolute atomic E-state index is 0.230. The zero-order chi connectivity index (χ0) is 14.2. The van der Waals surface area contributed by atoms with Crippen LogP contribution in [0.2, 0.25) is 0 Å². The van der Waals surface area contributed by atoms with E-state index in [-0.39, 0.29) is 6.10 Å². The van der Waals surface area contributed by atoms with Crippen molar-refractivity contribution in [3.63, 3.8) is 0 Å². The van der Waals surface area contributed by atoms with Crippen molar-refractivity contribution >= 4 is 0 Å². The van der Waals surface area contributed by atoms with Gasteiger partial charge in [0.05, 0.1) is 30.0 Å². The number of aromatic nitrogens is 2. The standard InChI is InChI=1S/C17H19N3O/c1-11-14(10-21-11)17-19-15-7-8-18-9-13(15)16(20-17)12-5-3-2-4-6-12/h2-6,11,14,18H,7-10H2,1H3. The van der Waals surface area contributed by atoms with Crippen molar-refractivity contribution in [1.82, 2.24) is 15.3 Å². The monoisotopic (exact) mass is 281 g/mol. The highest BCUT2D eigenvalue weighted by Gasteiger charge is 2.33. The molecule has 4 nitrogen and oxygen atoms in total. The summed E-state index contributed by atoms with van der Waals surface area (Å²) in [5, 5.41) is 3.43. The van der Waals surface area contributed by atoms with Gasteiger partial charge in [-0.05, 0) is 6.92 Å². The van der Waals surface area contributed by atoms with Crippen molar-refractivity contribution in [3.8, 4) is 11.3 Å². The van der Waals surface area contributed by atoms with Gasteiger partial charge >= 0.3 is 0 Å². The highest BCUT2D eigenvalue weighted by molar-refractivity contribution is 5.64. The van der Waals surface area contributed by atoms with E-state index in [4.69, 9.17) is 14.7 Å². The fraction of sp³-hybridized carbons (Fsp3) is 0.412. The molecule has 4 heteroatoms. The van der Waals surface area contributed by atoms with Crippen molar-refractivity contribution in [1.29, 1.82) is 0 Å². The number of nitrogens with one attached hydrogen (secondary N) is 1. The van der Waals surface area contributed by atoms with Gasteiger partial charge in [-0.2, -0.15) is 0 Å². The molecule has 1 saturated heterocycles. The van der Waals surface area contributed by atoms with Gasteiger partial charge in [0.15, 0.2) is 0 Å². The zero-order valence-corrected chi connectivity index (χ0v) is 12.2. The lowest BCUT2D eigenvalue weighted by Gasteiger charge is -2.34. The molecular formula is C17H19N3O. The van der Waals surface area contributed by atoms with Crippen LogP contribution < -0.4 is 5.32 Å². The van der Waals surface area contributed by atoms with E-state index in [1.165, 1.54) is 16.8 Å². The summed E-state index contributed by atoms with van der Waals surface area (Å²) in [5.41, 5.74) is 4.72. The first-order chi connectivity index (χ1) is 10.3. The second-order valence-corrected chi connectivity index (χ2v) is 5.79. The molecule has 1 fully saturated rings. The Bertz CT molecular complexity index is 657. The molecule has 0 radical (unpaired) electrons. The van der Waals surface area contributed by atoms with Crippen LogP contribution in [0.3, 0.4) is 0 Å². The van der Waals surface area contributed by atoms with Crippen LogP contribution in [0.25, 0.3) is 11.3 Å². The number of hydrogen-bond acceptors (Lipinski definition) is 4. The first kappa shape index (κ1) is 12.9. The minimum atomic E-state index is 0.230. The van der Waals surface area contributed by atoms with Gasteiger partial charge in [0.2, 0.25) is 0 Å². The van der Waals surface area contributed by atoms with Crippen molar-refractivity contribution in [2.75, 3.05) is 13.2 Å². The summed E-state index contributed by atoms with van der Waals surface area (Å²) >= 11 is 0. The quantitative estimate of drug-likeness (QED) is 0.917. The molecule has 2 aromatic rings. The molecule has 1 aromatic heterocycles. The average Bonchev–Trinajstić information content (AvgIpc) is 2.53. The topological polar surface area (TPSA) is 47.0 Å². The summed E-state index contributed by atoms with van der Waals surface area (Å²) in [7, 11) is 0. The van der Waals surface area contributed by atoms with Crippen LogP contribution in [0.5, 0.6) is 0 Å². The smallest absolute Gasteiger partial charge is 0.137 e. The van der Waals surface area contributed by atoms with E-state index in [2.05, 4.69) is 36.5 Å². The van der Waals surface area contributed by atoms with Crippen molar-refractivity contribution in [2.45, 2.75) is 31.9 Å². The number of benzene rings is 1. The molecular weight excluding hydrogens is 262 g/mol. The molecule has 21 heavy (non-hydrogen) atoms. The summed E-state index contributed by atoms with van der Waals surface area (Å²) < 4.78 is 5.49. The van der Waals surface area contributed by atoms with Gasteiger partial charge in [-0.25, -0.2) is 9.97 Å². The predicted molar refractivity (Wildman–Crippen MR) is 81.0 cm³/mol. The fourth-order valence-corrected chi connectivity index (χ4v) is 3.03. The Labute approximate surface area is 124 Å². The van der Waals surface area contributed by atoms with Crippen LogP contribution in [0, 0.1) is 0 Å². The van der Waals surface area contributed by atoms with E-state index in [1.807, 2.05) is 6.07 Å². The average molecular weight is 281 g/mol. The van der Waals surface area contributed by atoms with Gasteiger partial charge in [-0.1, -0.05) is 30.3 Å². The Balaban J connectivity index is 1.85. The van der Waals surface area contributed by atoms with Crippen LogP contribution in [-0.4, -0.2) is 29.2 Å². The molecule has 0 saturated carbocycles. The SMILES string of the molecule is CC1OCC1c1nc2c(c(-c3ccccc3)n1)CNCC2. The van der Waals surface area contributed by atoms with Crippen LogP contribution in [0.15, 0.2) is 30.3 Å². The lowest BCUT2D eigenvalue weighted by Crippen LogP contribution is -2.37. The number of ether oxygens (including phenoxy) is 1.